The molecule has 2 heterocycles. The van der Waals surface area contributed by atoms with E-state index in [1.54, 1.807) is 30.1 Å². The van der Waals surface area contributed by atoms with Crippen LogP contribution in [-0.4, -0.2) is 30.2 Å². The second kappa shape index (κ2) is 4.68. The van der Waals surface area contributed by atoms with Crippen molar-refractivity contribution in [1.82, 2.24) is 19.7 Å². The van der Waals surface area contributed by atoms with Gasteiger partial charge in [-0.15, -0.1) is 0 Å². The smallest absolute Gasteiger partial charge is 0.248 e. The van der Waals surface area contributed by atoms with Crippen LogP contribution in [0.4, 0.5) is 0 Å². The fourth-order valence-electron chi connectivity index (χ4n) is 2.15. The molecule has 0 aliphatic carbocycles. The van der Waals surface area contributed by atoms with Crippen molar-refractivity contribution in [2.75, 3.05) is 6.26 Å². The second-order valence-electron chi connectivity index (χ2n) is 4.42. The molecule has 1 unspecified atom stereocenters. The Bertz CT molecular complexity index is 881. The summed E-state index contributed by atoms with van der Waals surface area (Å²) in [5.41, 5.74) is 1.20. The number of pyridine rings is 1. The first kappa shape index (κ1) is 12.7. The maximum absolute atomic E-state index is 11.9. The van der Waals surface area contributed by atoms with Gasteiger partial charge in [0.15, 0.2) is 5.82 Å². The number of aromatic nitrogens is 4. The summed E-state index contributed by atoms with van der Waals surface area (Å²) < 4.78 is 13.6. The van der Waals surface area contributed by atoms with Crippen LogP contribution in [0.3, 0.4) is 0 Å². The van der Waals surface area contributed by atoms with E-state index in [9.17, 15) is 9.00 Å². The van der Waals surface area contributed by atoms with Gasteiger partial charge in [-0.3, -0.25) is 9.00 Å². The molecule has 1 N–H and O–H groups in total. The van der Waals surface area contributed by atoms with Crippen molar-refractivity contribution >= 4 is 21.7 Å². The highest BCUT2D eigenvalue weighted by Crippen LogP contribution is 2.26. The highest BCUT2D eigenvalue weighted by molar-refractivity contribution is 7.84. The van der Waals surface area contributed by atoms with Gasteiger partial charge < -0.3 is 4.98 Å². The van der Waals surface area contributed by atoms with Gasteiger partial charge in [0.05, 0.1) is 21.2 Å². The molecule has 0 fully saturated rings. The standard InChI is InChI=1S/C13H12N4O2S/c1-17-13(14-7-15-17)9-5-8-3-4-11(18)16-12(8)10(6-9)20(2)19/h3-7H,1-2H3,(H,16,18). The monoisotopic (exact) mass is 288 g/mol. The molecule has 2 aromatic heterocycles. The fourth-order valence-corrected chi connectivity index (χ4v) is 2.90. The van der Waals surface area contributed by atoms with E-state index in [1.165, 1.54) is 12.4 Å². The lowest BCUT2D eigenvalue weighted by Crippen LogP contribution is -2.05. The van der Waals surface area contributed by atoms with Gasteiger partial charge in [-0.2, -0.15) is 5.10 Å². The van der Waals surface area contributed by atoms with E-state index in [2.05, 4.69) is 15.1 Å². The molecule has 20 heavy (non-hydrogen) atoms. The number of hydrogen-bond acceptors (Lipinski definition) is 4. The van der Waals surface area contributed by atoms with Crippen LogP contribution in [0.15, 0.2) is 40.3 Å². The van der Waals surface area contributed by atoms with Crippen LogP contribution in [0, 0.1) is 0 Å². The number of aryl methyl sites for hydroxylation is 1. The first-order valence-corrected chi connectivity index (χ1v) is 7.47. The largest absolute Gasteiger partial charge is 0.321 e. The van der Waals surface area contributed by atoms with Crippen molar-refractivity contribution in [2.45, 2.75) is 4.90 Å². The van der Waals surface area contributed by atoms with Crippen LogP contribution in [0.25, 0.3) is 22.3 Å². The van der Waals surface area contributed by atoms with Gasteiger partial charge >= 0.3 is 0 Å². The van der Waals surface area contributed by atoms with E-state index in [-0.39, 0.29) is 5.56 Å². The third-order valence-electron chi connectivity index (χ3n) is 3.07. The normalized spacial score (nSPS) is 12.7. The molecule has 0 saturated carbocycles. The average Bonchev–Trinajstić information content (AvgIpc) is 2.83. The summed E-state index contributed by atoms with van der Waals surface area (Å²) in [5.74, 6) is 0.685. The number of nitrogens with zero attached hydrogens (tertiary/aromatic N) is 3. The maximum atomic E-state index is 11.9. The molecule has 7 heteroatoms. The lowest BCUT2D eigenvalue weighted by atomic mass is 10.1. The molecular weight excluding hydrogens is 276 g/mol. The van der Waals surface area contributed by atoms with Gasteiger partial charge in [-0.25, -0.2) is 9.67 Å². The summed E-state index contributed by atoms with van der Waals surface area (Å²) in [6, 6.07) is 6.83. The van der Waals surface area contributed by atoms with E-state index in [0.29, 0.717) is 16.2 Å². The van der Waals surface area contributed by atoms with E-state index < -0.39 is 10.8 Å². The highest BCUT2D eigenvalue weighted by Gasteiger charge is 2.12. The summed E-state index contributed by atoms with van der Waals surface area (Å²) in [4.78, 5) is 19.0. The van der Waals surface area contributed by atoms with Crippen LogP contribution in [-0.2, 0) is 17.8 Å². The quantitative estimate of drug-likeness (QED) is 0.764. The van der Waals surface area contributed by atoms with Gasteiger partial charge in [-0.1, -0.05) is 0 Å². The SMILES string of the molecule is Cn1ncnc1-c1cc(S(C)=O)c2[nH]c(=O)ccc2c1. The minimum absolute atomic E-state index is 0.212. The van der Waals surface area contributed by atoms with Crippen LogP contribution < -0.4 is 5.56 Å². The molecule has 0 spiro atoms. The molecule has 3 rings (SSSR count). The Kier molecular flexibility index (Phi) is 2.98. The Morgan fingerprint density at radius 3 is 2.75 bits per heavy atom. The van der Waals surface area contributed by atoms with Gasteiger partial charge in [0.1, 0.15) is 6.33 Å². The number of nitrogens with one attached hydrogen (secondary N) is 1. The molecule has 6 nitrogen and oxygen atoms in total. The maximum Gasteiger partial charge on any atom is 0.248 e. The predicted molar refractivity (Wildman–Crippen MR) is 76.9 cm³/mol. The Morgan fingerprint density at radius 2 is 2.10 bits per heavy atom. The van der Waals surface area contributed by atoms with E-state index in [0.717, 1.165) is 10.9 Å². The summed E-state index contributed by atoms with van der Waals surface area (Å²) in [7, 11) is 0.576. The molecule has 102 valence electrons. The second-order valence-corrected chi connectivity index (χ2v) is 5.77. The van der Waals surface area contributed by atoms with Crippen molar-refractivity contribution < 1.29 is 4.21 Å². The summed E-state index contributed by atoms with van der Waals surface area (Å²) in [5, 5.41) is 4.85. The number of hydrogen-bond donors (Lipinski definition) is 1. The van der Waals surface area contributed by atoms with Gasteiger partial charge in [0, 0.05) is 30.3 Å². The van der Waals surface area contributed by atoms with Gasteiger partial charge in [0.25, 0.3) is 0 Å². The van der Waals surface area contributed by atoms with Crippen molar-refractivity contribution in [3.8, 4) is 11.4 Å². The Morgan fingerprint density at radius 1 is 1.30 bits per heavy atom. The van der Waals surface area contributed by atoms with Crippen LogP contribution in [0.5, 0.6) is 0 Å². The van der Waals surface area contributed by atoms with Gasteiger partial charge in [-0.05, 0) is 18.2 Å². The molecule has 0 radical (unpaired) electrons. The molecule has 1 atom stereocenters. The van der Waals surface area contributed by atoms with Crippen molar-refractivity contribution in [3.63, 3.8) is 0 Å². The number of aromatic amines is 1. The van der Waals surface area contributed by atoms with Crippen molar-refractivity contribution in [2.24, 2.45) is 7.05 Å². The molecule has 0 amide bonds. The third-order valence-corrected chi connectivity index (χ3v) is 4.02. The fraction of sp³-hybridized carbons (Fsp3) is 0.154. The Balaban J connectivity index is 2.37. The first-order valence-electron chi connectivity index (χ1n) is 5.91. The molecule has 1 aromatic carbocycles. The third kappa shape index (κ3) is 2.05. The topological polar surface area (TPSA) is 80.6 Å². The molecule has 0 aliphatic heterocycles. The molecular formula is C13H12N4O2S. The summed E-state index contributed by atoms with van der Waals surface area (Å²) >= 11 is 0. The van der Waals surface area contributed by atoms with E-state index in [4.69, 9.17) is 0 Å². The minimum Gasteiger partial charge on any atom is -0.321 e. The number of H-pyrrole nitrogens is 1. The average molecular weight is 288 g/mol. The molecule has 3 aromatic rings. The van der Waals surface area contributed by atoms with Crippen LogP contribution in [0.1, 0.15) is 0 Å². The van der Waals surface area contributed by atoms with E-state index >= 15 is 0 Å². The number of fused-ring (bicyclic) bond motifs is 1. The molecule has 0 saturated heterocycles. The van der Waals surface area contributed by atoms with Crippen molar-refractivity contribution in [3.05, 3.63) is 40.9 Å². The predicted octanol–water partition coefficient (Wildman–Crippen LogP) is 1.06. The Labute approximate surface area is 116 Å². The summed E-state index contributed by atoms with van der Waals surface area (Å²) in [6.45, 7) is 0. The highest BCUT2D eigenvalue weighted by atomic mass is 32.2. The van der Waals surface area contributed by atoms with Gasteiger partial charge in [0.2, 0.25) is 5.56 Å². The van der Waals surface area contributed by atoms with Crippen LogP contribution in [0.2, 0.25) is 0 Å². The number of rotatable bonds is 2. The van der Waals surface area contributed by atoms with Crippen LogP contribution >= 0.6 is 0 Å². The van der Waals surface area contributed by atoms with E-state index in [1.807, 2.05) is 6.07 Å². The Hall–Kier alpha value is -2.28. The molecule has 0 aliphatic rings. The lowest BCUT2D eigenvalue weighted by molar-refractivity contribution is 0.687. The lowest BCUT2D eigenvalue weighted by Gasteiger charge is -2.07. The first-order chi connectivity index (χ1) is 9.56. The molecule has 0 bridgehead atoms. The minimum atomic E-state index is -1.22. The van der Waals surface area contributed by atoms with Crippen molar-refractivity contribution in [1.29, 1.82) is 0 Å². The summed E-state index contributed by atoms with van der Waals surface area (Å²) in [6.07, 6.45) is 3.05. The zero-order valence-electron chi connectivity index (χ0n) is 11.0. The number of benzene rings is 1. The zero-order valence-corrected chi connectivity index (χ0v) is 11.8. The zero-order chi connectivity index (χ0) is 14.3.